The Morgan fingerprint density at radius 3 is 2.40 bits per heavy atom. The molecule has 0 radical (unpaired) electrons. The zero-order valence-electron chi connectivity index (χ0n) is 17.4. The molecule has 2 aromatic heterocycles. The number of benzene rings is 1. The van der Waals surface area contributed by atoms with E-state index in [1.807, 2.05) is 49.1 Å². The van der Waals surface area contributed by atoms with Gasteiger partial charge >= 0.3 is 0 Å². The summed E-state index contributed by atoms with van der Waals surface area (Å²) in [6, 6.07) is 13.0. The summed E-state index contributed by atoms with van der Waals surface area (Å²) in [4.78, 5) is 34.9. The maximum absolute atomic E-state index is 13.1. The van der Waals surface area contributed by atoms with Gasteiger partial charge in [-0.15, -0.1) is 11.3 Å². The molecule has 1 saturated heterocycles. The molecule has 7 nitrogen and oxygen atoms in total. The highest BCUT2D eigenvalue weighted by atomic mass is 32.1. The van der Waals surface area contributed by atoms with Gasteiger partial charge in [-0.05, 0) is 27.0 Å². The summed E-state index contributed by atoms with van der Waals surface area (Å²) in [7, 11) is 2.06. The quantitative estimate of drug-likeness (QED) is 0.645. The Bertz CT molecular complexity index is 1100. The van der Waals surface area contributed by atoms with E-state index >= 15 is 0 Å². The molecule has 30 heavy (non-hydrogen) atoms. The highest BCUT2D eigenvalue weighted by Gasteiger charge is 2.26. The van der Waals surface area contributed by atoms with Gasteiger partial charge in [-0.25, -0.2) is 9.67 Å². The molecule has 0 aliphatic carbocycles. The number of thiazole rings is 1. The van der Waals surface area contributed by atoms with Gasteiger partial charge in [0.25, 0.3) is 11.5 Å². The van der Waals surface area contributed by atoms with E-state index in [1.54, 1.807) is 6.07 Å². The average Bonchev–Trinajstić information content (AvgIpc) is 3.20. The predicted molar refractivity (Wildman–Crippen MR) is 119 cm³/mol. The standard InChI is InChI=1S/C22H25N5O2S/c1-15(2)27-18(28)10-9-17(24-27)20-19(16-7-5-4-6-8-16)23-21(30-20)22(29)26-13-11-25(3)12-14-26/h4-10,15H,11-14H2,1-3H3. The minimum Gasteiger partial charge on any atom is -0.334 e. The molecule has 3 heterocycles. The van der Waals surface area contributed by atoms with Gasteiger partial charge < -0.3 is 9.80 Å². The van der Waals surface area contributed by atoms with Gasteiger partial charge in [-0.3, -0.25) is 9.59 Å². The van der Waals surface area contributed by atoms with Crippen LogP contribution in [0.1, 0.15) is 29.7 Å². The molecule has 1 fully saturated rings. The molecule has 0 N–H and O–H groups in total. The van der Waals surface area contributed by atoms with Gasteiger partial charge in [0.1, 0.15) is 5.69 Å². The van der Waals surface area contributed by atoms with Crippen molar-refractivity contribution in [3.05, 3.63) is 57.8 Å². The lowest BCUT2D eigenvalue weighted by atomic mass is 10.1. The Balaban J connectivity index is 1.79. The first-order valence-electron chi connectivity index (χ1n) is 10.1. The summed E-state index contributed by atoms with van der Waals surface area (Å²) in [6.45, 7) is 6.95. The number of carbonyl (C=O) groups is 1. The van der Waals surface area contributed by atoms with Crippen LogP contribution < -0.4 is 5.56 Å². The van der Waals surface area contributed by atoms with E-state index in [0.717, 1.165) is 29.2 Å². The van der Waals surface area contributed by atoms with Crippen LogP contribution in [0.15, 0.2) is 47.3 Å². The van der Waals surface area contributed by atoms with Gasteiger partial charge in [0.05, 0.1) is 16.6 Å². The molecule has 4 rings (SSSR count). The Morgan fingerprint density at radius 1 is 1.03 bits per heavy atom. The maximum Gasteiger partial charge on any atom is 0.282 e. The van der Waals surface area contributed by atoms with Crippen molar-refractivity contribution in [1.29, 1.82) is 0 Å². The topological polar surface area (TPSA) is 71.3 Å². The van der Waals surface area contributed by atoms with Crippen molar-refractivity contribution in [2.75, 3.05) is 33.2 Å². The third-order valence-electron chi connectivity index (χ3n) is 5.19. The summed E-state index contributed by atoms with van der Waals surface area (Å²) in [5, 5.41) is 5.02. The Hall–Kier alpha value is -2.84. The lowest BCUT2D eigenvalue weighted by Crippen LogP contribution is -2.47. The molecular formula is C22H25N5O2S. The van der Waals surface area contributed by atoms with E-state index in [4.69, 9.17) is 4.98 Å². The summed E-state index contributed by atoms with van der Waals surface area (Å²) in [5.41, 5.74) is 2.15. The Morgan fingerprint density at radius 2 is 1.73 bits per heavy atom. The van der Waals surface area contributed by atoms with E-state index in [1.165, 1.54) is 22.1 Å². The minimum atomic E-state index is -0.145. The number of piperazine rings is 1. The fourth-order valence-corrected chi connectivity index (χ4v) is 4.46. The number of aromatic nitrogens is 3. The zero-order valence-corrected chi connectivity index (χ0v) is 18.2. The second kappa shape index (κ2) is 8.49. The number of likely N-dealkylation sites (N-methyl/N-ethyl adjacent to an activating group) is 1. The van der Waals surface area contributed by atoms with Gasteiger partial charge in [0.2, 0.25) is 0 Å². The van der Waals surface area contributed by atoms with Crippen LogP contribution in [0.2, 0.25) is 0 Å². The molecule has 0 unspecified atom stereocenters. The van der Waals surface area contributed by atoms with Crippen LogP contribution in [0.3, 0.4) is 0 Å². The summed E-state index contributed by atoms with van der Waals surface area (Å²) < 4.78 is 1.46. The normalized spacial score (nSPS) is 15.0. The van der Waals surface area contributed by atoms with Crippen LogP contribution in [0.5, 0.6) is 0 Å². The molecule has 0 atom stereocenters. The summed E-state index contributed by atoms with van der Waals surface area (Å²) in [6.07, 6.45) is 0. The molecule has 1 aliphatic rings. The van der Waals surface area contributed by atoms with Crippen LogP contribution in [0.4, 0.5) is 0 Å². The van der Waals surface area contributed by atoms with Crippen molar-refractivity contribution in [1.82, 2.24) is 24.6 Å². The van der Waals surface area contributed by atoms with Crippen LogP contribution in [0, 0.1) is 0 Å². The number of rotatable bonds is 4. The van der Waals surface area contributed by atoms with Gasteiger partial charge in [0.15, 0.2) is 5.01 Å². The smallest absolute Gasteiger partial charge is 0.282 e. The molecule has 156 valence electrons. The lowest BCUT2D eigenvalue weighted by molar-refractivity contribution is 0.0664. The number of carbonyl (C=O) groups excluding carboxylic acids is 1. The molecule has 0 saturated carbocycles. The van der Waals surface area contributed by atoms with Crippen molar-refractivity contribution in [3.63, 3.8) is 0 Å². The second-order valence-electron chi connectivity index (χ2n) is 7.75. The Labute approximate surface area is 179 Å². The van der Waals surface area contributed by atoms with Crippen molar-refractivity contribution in [2.24, 2.45) is 0 Å². The maximum atomic E-state index is 13.1. The fourth-order valence-electron chi connectivity index (χ4n) is 3.44. The number of amides is 1. The molecule has 3 aromatic rings. The van der Waals surface area contributed by atoms with E-state index in [-0.39, 0.29) is 17.5 Å². The highest BCUT2D eigenvalue weighted by molar-refractivity contribution is 7.17. The van der Waals surface area contributed by atoms with Crippen LogP contribution >= 0.6 is 11.3 Å². The predicted octanol–water partition coefficient (Wildman–Crippen LogP) is 3.00. The first-order valence-corrected chi connectivity index (χ1v) is 10.9. The molecular weight excluding hydrogens is 398 g/mol. The van der Waals surface area contributed by atoms with Crippen LogP contribution in [0.25, 0.3) is 21.8 Å². The SMILES string of the molecule is CC(C)n1nc(-c2sc(C(=O)N3CCN(C)CC3)nc2-c2ccccc2)ccc1=O. The monoisotopic (exact) mass is 423 g/mol. The molecule has 1 aliphatic heterocycles. The van der Waals surface area contributed by atoms with Gasteiger partial charge in [0, 0.05) is 37.8 Å². The highest BCUT2D eigenvalue weighted by Crippen LogP contribution is 2.36. The van der Waals surface area contributed by atoms with Crippen molar-refractivity contribution >= 4 is 17.2 Å². The molecule has 8 heteroatoms. The molecule has 0 spiro atoms. The second-order valence-corrected chi connectivity index (χ2v) is 8.75. The number of hydrogen-bond donors (Lipinski definition) is 0. The van der Waals surface area contributed by atoms with Crippen LogP contribution in [-0.2, 0) is 0 Å². The minimum absolute atomic E-state index is 0.0475. The molecule has 0 bridgehead atoms. The fraction of sp³-hybridized carbons (Fsp3) is 0.364. The van der Waals surface area contributed by atoms with Gasteiger partial charge in [-0.1, -0.05) is 30.3 Å². The van der Waals surface area contributed by atoms with Crippen molar-refractivity contribution < 1.29 is 4.79 Å². The van der Waals surface area contributed by atoms with Gasteiger partial charge in [-0.2, -0.15) is 5.10 Å². The van der Waals surface area contributed by atoms with E-state index in [0.29, 0.717) is 23.8 Å². The third kappa shape index (κ3) is 4.06. The largest absolute Gasteiger partial charge is 0.334 e. The number of nitrogens with zero attached hydrogens (tertiary/aromatic N) is 5. The zero-order chi connectivity index (χ0) is 21.3. The molecule has 1 amide bonds. The summed E-state index contributed by atoms with van der Waals surface area (Å²) >= 11 is 1.34. The van der Waals surface area contributed by atoms with E-state index < -0.39 is 0 Å². The molecule has 1 aromatic carbocycles. The van der Waals surface area contributed by atoms with Crippen molar-refractivity contribution in [3.8, 4) is 21.8 Å². The third-order valence-corrected chi connectivity index (χ3v) is 6.26. The van der Waals surface area contributed by atoms with Crippen LogP contribution in [-0.4, -0.2) is 63.7 Å². The Kier molecular flexibility index (Phi) is 5.78. The summed E-state index contributed by atoms with van der Waals surface area (Å²) in [5.74, 6) is -0.0475. The first-order chi connectivity index (χ1) is 14.4. The van der Waals surface area contributed by atoms with E-state index in [2.05, 4.69) is 17.0 Å². The van der Waals surface area contributed by atoms with E-state index in [9.17, 15) is 9.59 Å². The first kappa shape index (κ1) is 20.4. The average molecular weight is 424 g/mol. The lowest BCUT2D eigenvalue weighted by Gasteiger charge is -2.31. The number of hydrogen-bond acceptors (Lipinski definition) is 6. The van der Waals surface area contributed by atoms with Crippen molar-refractivity contribution in [2.45, 2.75) is 19.9 Å².